The molecular weight excluding hydrogens is 376 g/mol. The first-order valence-electron chi connectivity index (χ1n) is 7.33. The highest BCUT2D eigenvalue weighted by molar-refractivity contribution is 7.99. The third-order valence-corrected chi connectivity index (χ3v) is 5.78. The lowest BCUT2D eigenvalue weighted by Gasteiger charge is -2.05. The van der Waals surface area contributed by atoms with Gasteiger partial charge in [0.15, 0.2) is 15.5 Å². The Morgan fingerprint density at radius 1 is 1.23 bits per heavy atom. The van der Waals surface area contributed by atoms with Gasteiger partial charge in [-0.3, -0.25) is 5.10 Å². The van der Waals surface area contributed by atoms with Gasteiger partial charge < -0.3 is 0 Å². The molecule has 4 aromatic rings. The van der Waals surface area contributed by atoms with E-state index in [0.29, 0.717) is 32.5 Å². The summed E-state index contributed by atoms with van der Waals surface area (Å²) >= 11 is 1.27. The molecule has 0 saturated heterocycles. The van der Waals surface area contributed by atoms with Gasteiger partial charge in [-0.25, -0.2) is 23.1 Å². The summed E-state index contributed by atoms with van der Waals surface area (Å²) in [4.78, 5) is 8.71. The SMILES string of the molecule is Cn1nnnc1Sc1ncnc2n[nH]c(-c3cccc(S(C)(=O)=O)c3)c12. The normalized spacial score (nSPS) is 11.9. The van der Waals surface area contributed by atoms with E-state index in [2.05, 4.69) is 35.7 Å². The fourth-order valence-electron chi connectivity index (χ4n) is 2.39. The van der Waals surface area contributed by atoms with E-state index < -0.39 is 9.84 Å². The van der Waals surface area contributed by atoms with Crippen LogP contribution in [0.15, 0.2) is 45.7 Å². The Morgan fingerprint density at radius 3 is 2.81 bits per heavy atom. The lowest BCUT2D eigenvalue weighted by Crippen LogP contribution is -1.97. The molecule has 0 unspecified atom stereocenters. The second-order valence-corrected chi connectivity index (χ2v) is 8.43. The van der Waals surface area contributed by atoms with Gasteiger partial charge in [-0.2, -0.15) is 5.10 Å². The van der Waals surface area contributed by atoms with Crippen molar-refractivity contribution in [3.63, 3.8) is 0 Å². The van der Waals surface area contributed by atoms with Crippen molar-refractivity contribution >= 4 is 32.6 Å². The number of nitrogens with zero attached hydrogens (tertiary/aromatic N) is 7. The van der Waals surface area contributed by atoms with Crippen LogP contribution in [0.3, 0.4) is 0 Å². The van der Waals surface area contributed by atoms with Crippen LogP contribution in [0.25, 0.3) is 22.3 Å². The minimum absolute atomic E-state index is 0.223. The lowest BCUT2D eigenvalue weighted by molar-refractivity contribution is 0.602. The fourth-order valence-corrected chi connectivity index (χ4v) is 3.87. The summed E-state index contributed by atoms with van der Waals surface area (Å²) in [6, 6.07) is 6.62. The van der Waals surface area contributed by atoms with Gasteiger partial charge in [0.1, 0.15) is 11.4 Å². The van der Waals surface area contributed by atoms with Crippen LogP contribution in [0.1, 0.15) is 0 Å². The summed E-state index contributed by atoms with van der Waals surface area (Å²) in [6.07, 6.45) is 2.58. The highest BCUT2D eigenvalue weighted by Crippen LogP contribution is 2.35. The first kappa shape index (κ1) is 16.6. The number of aryl methyl sites for hydroxylation is 1. The number of aromatic amines is 1. The number of nitrogens with one attached hydrogen (secondary N) is 1. The molecule has 3 aromatic heterocycles. The zero-order chi connectivity index (χ0) is 18.3. The molecule has 0 radical (unpaired) electrons. The standard InChI is InChI=1S/C14H12N8O2S2/c1-22-14(19-20-21-22)25-13-10-11(17-18-12(10)15-7-16-13)8-4-3-5-9(6-8)26(2,23)24/h3-7H,1-2H3,(H,15,16,17,18). The van der Waals surface area contributed by atoms with Crippen molar-refractivity contribution in [2.75, 3.05) is 6.26 Å². The third kappa shape index (κ3) is 2.93. The number of H-pyrrole nitrogens is 1. The molecule has 0 aliphatic rings. The van der Waals surface area contributed by atoms with Crippen LogP contribution in [0.2, 0.25) is 0 Å². The monoisotopic (exact) mass is 388 g/mol. The molecule has 0 aliphatic heterocycles. The molecule has 0 aliphatic carbocycles. The Hall–Kier alpha value is -2.86. The van der Waals surface area contributed by atoms with Crippen LogP contribution in [-0.2, 0) is 16.9 Å². The van der Waals surface area contributed by atoms with Gasteiger partial charge in [0, 0.05) is 18.9 Å². The van der Waals surface area contributed by atoms with Crippen LogP contribution in [-0.4, -0.2) is 55.0 Å². The van der Waals surface area contributed by atoms with E-state index in [0.717, 1.165) is 0 Å². The second kappa shape index (κ2) is 6.14. The molecule has 0 spiro atoms. The summed E-state index contributed by atoms with van der Waals surface area (Å²) < 4.78 is 25.2. The van der Waals surface area contributed by atoms with Gasteiger partial charge in [0.25, 0.3) is 0 Å². The summed E-state index contributed by atoms with van der Waals surface area (Å²) in [5.74, 6) is 0. The van der Waals surface area contributed by atoms with E-state index in [4.69, 9.17) is 0 Å². The number of benzene rings is 1. The molecule has 12 heteroatoms. The summed E-state index contributed by atoms with van der Waals surface area (Å²) in [5.41, 5.74) is 1.77. The number of aromatic nitrogens is 8. The quantitative estimate of drug-likeness (QED) is 0.510. The zero-order valence-electron chi connectivity index (χ0n) is 13.7. The molecule has 0 saturated carbocycles. The number of hydrogen-bond acceptors (Lipinski definition) is 9. The van der Waals surface area contributed by atoms with Crippen LogP contribution < -0.4 is 0 Å². The minimum Gasteiger partial charge on any atom is -0.275 e. The first-order chi connectivity index (χ1) is 12.4. The van der Waals surface area contributed by atoms with Crippen LogP contribution in [0.4, 0.5) is 0 Å². The Labute approximate surface area is 152 Å². The summed E-state index contributed by atoms with van der Waals surface area (Å²) in [6.45, 7) is 0. The number of sulfone groups is 1. The van der Waals surface area contributed by atoms with Gasteiger partial charge in [0.05, 0.1) is 16.0 Å². The highest BCUT2D eigenvalue weighted by Gasteiger charge is 2.18. The van der Waals surface area contributed by atoms with Gasteiger partial charge in [-0.15, -0.1) is 5.10 Å². The van der Waals surface area contributed by atoms with Crippen molar-refractivity contribution in [1.29, 1.82) is 0 Å². The molecule has 0 bridgehead atoms. The number of tetrazole rings is 1. The van der Waals surface area contributed by atoms with E-state index in [1.165, 1.54) is 29.0 Å². The van der Waals surface area contributed by atoms with E-state index >= 15 is 0 Å². The molecule has 0 amide bonds. The maximum Gasteiger partial charge on any atom is 0.215 e. The maximum atomic E-state index is 11.9. The molecule has 3 heterocycles. The highest BCUT2D eigenvalue weighted by atomic mass is 32.2. The minimum atomic E-state index is -3.33. The number of fused-ring (bicyclic) bond motifs is 1. The van der Waals surface area contributed by atoms with Crippen LogP contribution in [0.5, 0.6) is 0 Å². The predicted molar refractivity (Wildman–Crippen MR) is 93.2 cm³/mol. The van der Waals surface area contributed by atoms with Crippen molar-refractivity contribution in [3.8, 4) is 11.3 Å². The van der Waals surface area contributed by atoms with E-state index in [1.54, 1.807) is 31.3 Å². The molecule has 1 aromatic carbocycles. The zero-order valence-corrected chi connectivity index (χ0v) is 15.3. The Kier molecular flexibility index (Phi) is 3.92. The average Bonchev–Trinajstić information content (AvgIpc) is 3.21. The second-order valence-electron chi connectivity index (χ2n) is 5.46. The lowest BCUT2D eigenvalue weighted by atomic mass is 10.1. The average molecular weight is 388 g/mol. The Balaban J connectivity index is 1.88. The van der Waals surface area contributed by atoms with Gasteiger partial charge in [-0.1, -0.05) is 12.1 Å². The third-order valence-electron chi connectivity index (χ3n) is 3.64. The van der Waals surface area contributed by atoms with Crippen LogP contribution >= 0.6 is 11.8 Å². The van der Waals surface area contributed by atoms with Gasteiger partial charge in [0.2, 0.25) is 5.16 Å². The van der Waals surface area contributed by atoms with Gasteiger partial charge in [-0.05, 0) is 34.3 Å². The molecule has 0 fully saturated rings. The molecule has 10 nitrogen and oxygen atoms in total. The number of rotatable bonds is 4. The molecule has 4 rings (SSSR count). The first-order valence-corrected chi connectivity index (χ1v) is 10.0. The van der Waals surface area contributed by atoms with Crippen molar-refractivity contribution in [3.05, 3.63) is 30.6 Å². The van der Waals surface area contributed by atoms with Crippen molar-refractivity contribution in [2.45, 2.75) is 15.1 Å². The van der Waals surface area contributed by atoms with Gasteiger partial charge >= 0.3 is 0 Å². The Morgan fingerprint density at radius 2 is 2.08 bits per heavy atom. The van der Waals surface area contributed by atoms with Crippen molar-refractivity contribution in [1.82, 2.24) is 40.4 Å². The van der Waals surface area contributed by atoms with E-state index in [-0.39, 0.29) is 4.90 Å². The summed E-state index contributed by atoms with van der Waals surface area (Å²) in [7, 11) is -1.60. The fraction of sp³-hybridized carbons (Fsp3) is 0.143. The molecule has 0 atom stereocenters. The number of hydrogen-bond donors (Lipinski definition) is 1. The largest absolute Gasteiger partial charge is 0.275 e. The molecular formula is C14H12N8O2S2. The maximum absolute atomic E-state index is 11.9. The molecule has 26 heavy (non-hydrogen) atoms. The Bertz CT molecular complexity index is 1210. The topological polar surface area (TPSA) is 132 Å². The van der Waals surface area contributed by atoms with Crippen molar-refractivity contribution < 1.29 is 8.42 Å². The molecule has 132 valence electrons. The molecule has 1 N–H and O–H groups in total. The smallest absolute Gasteiger partial charge is 0.215 e. The van der Waals surface area contributed by atoms with E-state index in [1.807, 2.05) is 0 Å². The van der Waals surface area contributed by atoms with Crippen molar-refractivity contribution in [2.24, 2.45) is 7.05 Å². The van der Waals surface area contributed by atoms with Crippen LogP contribution in [0, 0.1) is 0 Å². The predicted octanol–water partition coefficient (Wildman–Crippen LogP) is 1.10. The summed E-state index contributed by atoms with van der Waals surface area (Å²) in [5, 5.41) is 20.3. The van der Waals surface area contributed by atoms with E-state index in [9.17, 15) is 8.42 Å².